The molecule has 0 fully saturated rings. The lowest BCUT2D eigenvalue weighted by molar-refractivity contribution is 0.365. The van der Waals surface area contributed by atoms with E-state index in [-0.39, 0.29) is 29.8 Å². The van der Waals surface area contributed by atoms with Crippen molar-refractivity contribution in [2.45, 2.75) is 18.9 Å². The first-order chi connectivity index (χ1) is 11.1. The van der Waals surface area contributed by atoms with Crippen LogP contribution in [0.2, 0.25) is 0 Å². The highest BCUT2D eigenvalue weighted by molar-refractivity contribution is 5.85. The minimum absolute atomic E-state index is 0. The summed E-state index contributed by atoms with van der Waals surface area (Å²) in [5.74, 6) is 1.54. The van der Waals surface area contributed by atoms with Gasteiger partial charge in [0.15, 0.2) is 23.0 Å². The summed E-state index contributed by atoms with van der Waals surface area (Å²) >= 11 is 0. The van der Waals surface area contributed by atoms with Gasteiger partial charge in [0.1, 0.15) is 0 Å². The van der Waals surface area contributed by atoms with Crippen LogP contribution in [0.25, 0.3) is 0 Å². The third kappa shape index (κ3) is 3.37. The molecule has 3 rings (SSSR count). The lowest BCUT2D eigenvalue weighted by atomic mass is 9.85. The zero-order valence-corrected chi connectivity index (χ0v) is 14.5. The Morgan fingerprint density at radius 3 is 2.46 bits per heavy atom. The summed E-state index contributed by atoms with van der Waals surface area (Å²) in [6.45, 7) is 1.45. The van der Waals surface area contributed by atoms with E-state index in [1.165, 1.54) is 7.11 Å². The van der Waals surface area contributed by atoms with Crippen LogP contribution in [-0.2, 0) is 13.0 Å². The van der Waals surface area contributed by atoms with Gasteiger partial charge in [0.2, 0.25) is 0 Å². The van der Waals surface area contributed by atoms with Crippen molar-refractivity contribution in [3.63, 3.8) is 0 Å². The summed E-state index contributed by atoms with van der Waals surface area (Å²) in [4.78, 5) is 0. The fourth-order valence-electron chi connectivity index (χ4n) is 3.17. The number of nitrogens with one attached hydrogen (secondary N) is 1. The van der Waals surface area contributed by atoms with Crippen molar-refractivity contribution in [2.75, 3.05) is 20.8 Å². The molecule has 5 nitrogen and oxygen atoms in total. The molecule has 1 aliphatic rings. The molecule has 0 radical (unpaired) electrons. The van der Waals surface area contributed by atoms with Crippen LogP contribution in [0, 0.1) is 0 Å². The summed E-state index contributed by atoms with van der Waals surface area (Å²) in [6.07, 6.45) is 0.767. The number of benzene rings is 2. The number of phenols is 2. The van der Waals surface area contributed by atoms with Gasteiger partial charge in [0.25, 0.3) is 0 Å². The molecule has 0 amide bonds. The van der Waals surface area contributed by atoms with E-state index >= 15 is 0 Å². The summed E-state index contributed by atoms with van der Waals surface area (Å²) < 4.78 is 10.3. The third-order valence-electron chi connectivity index (χ3n) is 4.36. The van der Waals surface area contributed by atoms with Gasteiger partial charge in [0.05, 0.1) is 14.2 Å². The standard InChI is InChI=1S/C18H21NO4.ClH/c1-22-16-5-3-11(8-15(16)20)7-12-9-19-10-14-13(12)4-6-17(23-2)18(14)21;/h3-6,8,12,19-21H,7,9-10H2,1-2H3;1H. The maximum absolute atomic E-state index is 10.3. The number of rotatable bonds is 4. The zero-order valence-electron chi connectivity index (χ0n) is 13.7. The van der Waals surface area contributed by atoms with E-state index in [9.17, 15) is 10.2 Å². The predicted molar refractivity (Wildman–Crippen MR) is 94.7 cm³/mol. The van der Waals surface area contributed by atoms with Gasteiger partial charge < -0.3 is 25.0 Å². The summed E-state index contributed by atoms with van der Waals surface area (Å²) in [6, 6.07) is 9.28. The van der Waals surface area contributed by atoms with Crippen molar-refractivity contribution >= 4 is 12.4 Å². The van der Waals surface area contributed by atoms with E-state index < -0.39 is 0 Å². The maximum Gasteiger partial charge on any atom is 0.162 e. The Morgan fingerprint density at radius 1 is 1.08 bits per heavy atom. The van der Waals surface area contributed by atoms with Crippen LogP contribution in [0.15, 0.2) is 30.3 Å². The van der Waals surface area contributed by atoms with Crippen molar-refractivity contribution < 1.29 is 19.7 Å². The quantitative estimate of drug-likeness (QED) is 0.790. The number of phenolic OH excluding ortho intramolecular Hbond substituents is 2. The highest BCUT2D eigenvalue weighted by Crippen LogP contribution is 2.38. The molecule has 130 valence electrons. The summed E-state index contributed by atoms with van der Waals surface area (Å²) in [7, 11) is 3.08. The second kappa shape index (κ2) is 7.64. The van der Waals surface area contributed by atoms with E-state index in [2.05, 4.69) is 5.32 Å². The van der Waals surface area contributed by atoms with Gasteiger partial charge >= 0.3 is 0 Å². The van der Waals surface area contributed by atoms with Gasteiger partial charge in [-0.05, 0) is 35.7 Å². The molecule has 1 atom stereocenters. The number of hydrogen-bond acceptors (Lipinski definition) is 5. The van der Waals surface area contributed by atoms with Crippen molar-refractivity contribution in [1.82, 2.24) is 5.32 Å². The Balaban J connectivity index is 0.00000208. The SMILES string of the molecule is COc1ccc(CC2CNCc3c2ccc(OC)c3O)cc1O.Cl. The molecule has 1 aliphatic heterocycles. The first-order valence-corrected chi connectivity index (χ1v) is 7.59. The van der Waals surface area contributed by atoms with Crippen molar-refractivity contribution in [3.8, 4) is 23.0 Å². The molecular weight excluding hydrogens is 330 g/mol. The van der Waals surface area contributed by atoms with E-state index in [4.69, 9.17) is 9.47 Å². The summed E-state index contributed by atoms with van der Waals surface area (Å²) in [5.41, 5.74) is 3.04. The van der Waals surface area contributed by atoms with Crippen molar-refractivity contribution in [2.24, 2.45) is 0 Å². The molecule has 0 bridgehead atoms. The Morgan fingerprint density at radius 2 is 1.79 bits per heavy atom. The van der Waals surface area contributed by atoms with Gasteiger partial charge in [0, 0.05) is 24.6 Å². The minimum Gasteiger partial charge on any atom is -0.504 e. The van der Waals surface area contributed by atoms with E-state index in [1.54, 1.807) is 25.3 Å². The Bertz CT molecular complexity index is 720. The minimum atomic E-state index is 0. The molecule has 0 spiro atoms. The van der Waals surface area contributed by atoms with E-state index in [0.29, 0.717) is 18.0 Å². The maximum atomic E-state index is 10.3. The van der Waals surface area contributed by atoms with Crippen molar-refractivity contribution in [3.05, 3.63) is 47.0 Å². The molecule has 6 heteroatoms. The summed E-state index contributed by atoms with van der Waals surface area (Å²) in [5, 5.41) is 23.6. The third-order valence-corrected chi connectivity index (χ3v) is 4.36. The largest absolute Gasteiger partial charge is 0.504 e. The molecule has 1 heterocycles. The number of hydrogen-bond donors (Lipinski definition) is 3. The smallest absolute Gasteiger partial charge is 0.162 e. The molecular formula is C18H22ClNO4. The number of halogens is 1. The van der Waals surface area contributed by atoms with Crippen LogP contribution in [-0.4, -0.2) is 31.0 Å². The highest BCUT2D eigenvalue weighted by atomic mass is 35.5. The van der Waals surface area contributed by atoms with Crippen LogP contribution in [0.4, 0.5) is 0 Å². The molecule has 2 aromatic carbocycles. The Kier molecular flexibility index (Phi) is 5.80. The monoisotopic (exact) mass is 351 g/mol. The van der Waals surface area contributed by atoms with E-state index in [0.717, 1.165) is 29.7 Å². The van der Waals surface area contributed by atoms with E-state index in [1.807, 2.05) is 12.1 Å². The van der Waals surface area contributed by atoms with Crippen molar-refractivity contribution in [1.29, 1.82) is 0 Å². The fourth-order valence-corrected chi connectivity index (χ4v) is 3.17. The van der Waals surface area contributed by atoms with Gasteiger partial charge in [-0.3, -0.25) is 0 Å². The molecule has 0 saturated heterocycles. The van der Waals surface area contributed by atoms with Crippen LogP contribution in [0.5, 0.6) is 23.0 Å². The number of methoxy groups -OCH3 is 2. The van der Waals surface area contributed by atoms with Crippen LogP contribution < -0.4 is 14.8 Å². The average molecular weight is 352 g/mol. The molecule has 0 saturated carbocycles. The molecule has 1 unspecified atom stereocenters. The number of aromatic hydroxyl groups is 2. The van der Waals surface area contributed by atoms with Crippen LogP contribution >= 0.6 is 12.4 Å². The van der Waals surface area contributed by atoms with Gasteiger partial charge in [-0.15, -0.1) is 12.4 Å². The second-order valence-corrected chi connectivity index (χ2v) is 5.72. The first kappa shape index (κ1) is 18.2. The van der Waals surface area contributed by atoms with Gasteiger partial charge in [-0.2, -0.15) is 0 Å². The topological polar surface area (TPSA) is 71.0 Å². The Labute approximate surface area is 147 Å². The fraction of sp³-hybridized carbons (Fsp3) is 0.333. The van der Waals surface area contributed by atoms with Gasteiger partial charge in [-0.25, -0.2) is 0 Å². The molecule has 0 aliphatic carbocycles. The second-order valence-electron chi connectivity index (χ2n) is 5.72. The average Bonchev–Trinajstić information content (AvgIpc) is 2.56. The number of fused-ring (bicyclic) bond motifs is 1. The van der Waals surface area contributed by atoms with Crippen LogP contribution in [0.3, 0.4) is 0 Å². The molecule has 0 aromatic heterocycles. The molecule has 2 aromatic rings. The lowest BCUT2D eigenvalue weighted by Crippen LogP contribution is -2.29. The number of ether oxygens (including phenoxy) is 2. The van der Waals surface area contributed by atoms with Crippen LogP contribution in [0.1, 0.15) is 22.6 Å². The first-order valence-electron chi connectivity index (χ1n) is 7.59. The normalized spacial score (nSPS) is 16.0. The lowest BCUT2D eigenvalue weighted by Gasteiger charge is -2.28. The molecule has 24 heavy (non-hydrogen) atoms. The highest BCUT2D eigenvalue weighted by Gasteiger charge is 2.24. The van der Waals surface area contributed by atoms with Gasteiger partial charge in [-0.1, -0.05) is 12.1 Å². The predicted octanol–water partition coefficient (Wildman–Crippen LogP) is 2.97. The Hall–Kier alpha value is -2.11. The zero-order chi connectivity index (χ0) is 16.4. The molecule has 3 N–H and O–H groups in total.